The number of benzene rings is 2. The normalized spacial score (nSPS) is 31.3. The molecule has 5 atom stereocenters. The van der Waals surface area contributed by atoms with Crippen LogP contribution in [0.4, 0.5) is 4.79 Å². The van der Waals surface area contributed by atoms with Crippen molar-refractivity contribution in [3.63, 3.8) is 0 Å². The fourth-order valence-electron chi connectivity index (χ4n) is 6.58. The minimum atomic E-state index is -0.833. The first-order valence-electron chi connectivity index (χ1n) is 12.7. The first-order valence-corrected chi connectivity index (χ1v) is 12.7. The predicted molar refractivity (Wildman–Crippen MR) is 133 cm³/mol. The minimum absolute atomic E-state index is 0.00669. The maximum atomic E-state index is 13.9. The zero-order chi connectivity index (χ0) is 24.8. The van der Waals surface area contributed by atoms with Crippen LogP contribution in [-0.4, -0.2) is 46.8 Å². The lowest BCUT2D eigenvalue weighted by Gasteiger charge is -2.35. The van der Waals surface area contributed by atoms with Gasteiger partial charge in [0.15, 0.2) is 12.3 Å². The summed E-state index contributed by atoms with van der Waals surface area (Å²) in [5.74, 6) is 0.538. The molecule has 2 aliphatic carbocycles. The first kappa shape index (κ1) is 23.9. The van der Waals surface area contributed by atoms with Crippen molar-refractivity contribution in [1.29, 1.82) is 0 Å². The standard InChI is InChI=1S/C29H36N2O4/c1-20-15-16-23-28(2,3)29(23,17-20)35-25-24(26(32)34-4)30(18-21-11-7-5-8-12-21)27(33)31(25)19-22-13-9-6-10-14-22/h5-14,20,23-25H,15-19H2,1-4H3/t20?,23?,24-,25+,29?/m1/s1. The number of carbonyl (C=O) groups is 2. The smallest absolute Gasteiger partial charge is 0.333 e. The lowest BCUT2D eigenvalue weighted by atomic mass is 9.88. The van der Waals surface area contributed by atoms with Crippen LogP contribution in [0, 0.1) is 17.3 Å². The van der Waals surface area contributed by atoms with E-state index in [1.807, 2.05) is 60.7 Å². The molecule has 5 rings (SSSR count). The van der Waals surface area contributed by atoms with Gasteiger partial charge in [0.25, 0.3) is 0 Å². The van der Waals surface area contributed by atoms with Crippen LogP contribution in [0.2, 0.25) is 0 Å². The van der Waals surface area contributed by atoms with E-state index < -0.39 is 18.2 Å². The molecule has 1 heterocycles. The van der Waals surface area contributed by atoms with E-state index >= 15 is 0 Å². The minimum Gasteiger partial charge on any atom is -0.467 e. The van der Waals surface area contributed by atoms with E-state index in [2.05, 4.69) is 20.8 Å². The molecule has 0 radical (unpaired) electrons. The van der Waals surface area contributed by atoms with Gasteiger partial charge in [0.2, 0.25) is 0 Å². The van der Waals surface area contributed by atoms with Gasteiger partial charge in [-0.05, 0) is 41.2 Å². The second-order valence-electron chi connectivity index (χ2n) is 11.0. The van der Waals surface area contributed by atoms with E-state index in [9.17, 15) is 9.59 Å². The summed E-state index contributed by atoms with van der Waals surface area (Å²) in [6.07, 6.45) is 2.54. The number of urea groups is 1. The number of hydrogen-bond donors (Lipinski definition) is 0. The molecule has 2 saturated carbocycles. The van der Waals surface area contributed by atoms with Gasteiger partial charge in [-0.15, -0.1) is 0 Å². The number of fused-ring (bicyclic) bond motifs is 1. The van der Waals surface area contributed by atoms with Gasteiger partial charge in [-0.1, -0.05) is 87.9 Å². The fraction of sp³-hybridized carbons (Fsp3) is 0.517. The third-order valence-electron chi connectivity index (χ3n) is 8.61. The fourth-order valence-corrected chi connectivity index (χ4v) is 6.58. The van der Waals surface area contributed by atoms with Crippen LogP contribution in [0.1, 0.15) is 51.2 Å². The molecule has 2 aromatic carbocycles. The zero-order valence-electron chi connectivity index (χ0n) is 21.1. The number of ether oxygens (including phenoxy) is 2. The van der Waals surface area contributed by atoms with Crippen molar-refractivity contribution in [3.8, 4) is 0 Å². The van der Waals surface area contributed by atoms with Crippen LogP contribution in [0.5, 0.6) is 0 Å². The summed E-state index contributed by atoms with van der Waals surface area (Å²) in [5.41, 5.74) is 1.64. The number of rotatable bonds is 7. The molecule has 2 aromatic rings. The lowest BCUT2D eigenvalue weighted by Crippen LogP contribution is -2.48. The van der Waals surface area contributed by atoms with E-state index in [-0.39, 0.29) is 17.0 Å². The Kier molecular flexibility index (Phi) is 6.12. The topological polar surface area (TPSA) is 59.1 Å². The molecule has 1 saturated heterocycles. The molecular formula is C29H36N2O4. The quantitative estimate of drug-likeness (QED) is 0.514. The zero-order valence-corrected chi connectivity index (χ0v) is 21.1. The van der Waals surface area contributed by atoms with E-state index in [4.69, 9.17) is 9.47 Å². The molecule has 0 N–H and O–H groups in total. The Morgan fingerprint density at radius 3 is 2.09 bits per heavy atom. The van der Waals surface area contributed by atoms with Crippen LogP contribution in [0.3, 0.4) is 0 Å². The van der Waals surface area contributed by atoms with Gasteiger partial charge in [0.05, 0.1) is 19.3 Å². The summed E-state index contributed by atoms with van der Waals surface area (Å²) < 4.78 is 12.3. The maximum absolute atomic E-state index is 13.9. The van der Waals surface area contributed by atoms with E-state index in [1.165, 1.54) is 13.5 Å². The number of amides is 2. The summed E-state index contributed by atoms with van der Waals surface area (Å²) in [5, 5.41) is 0. The first-order chi connectivity index (χ1) is 16.8. The third kappa shape index (κ3) is 4.02. The molecule has 3 unspecified atom stereocenters. The highest BCUT2D eigenvalue weighted by atomic mass is 16.6. The van der Waals surface area contributed by atoms with Crippen molar-refractivity contribution < 1.29 is 19.1 Å². The second-order valence-corrected chi connectivity index (χ2v) is 11.0. The molecule has 6 nitrogen and oxygen atoms in total. The van der Waals surface area contributed by atoms with Crippen molar-refractivity contribution >= 4 is 12.0 Å². The van der Waals surface area contributed by atoms with Gasteiger partial charge in [-0.25, -0.2) is 9.59 Å². The summed E-state index contributed by atoms with van der Waals surface area (Å²) >= 11 is 0. The number of methoxy groups -OCH3 is 1. The highest BCUT2D eigenvalue weighted by Crippen LogP contribution is 2.71. The Morgan fingerprint density at radius 2 is 1.51 bits per heavy atom. The molecule has 35 heavy (non-hydrogen) atoms. The molecule has 6 heteroatoms. The maximum Gasteiger partial charge on any atom is 0.333 e. The highest BCUT2D eigenvalue weighted by Gasteiger charge is 2.75. The van der Waals surface area contributed by atoms with Crippen molar-refractivity contribution in [2.75, 3.05) is 7.11 Å². The van der Waals surface area contributed by atoms with Gasteiger partial charge in [-0.2, -0.15) is 0 Å². The Balaban J connectivity index is 1.53. The van der Waals surface area contributed by atoms with Gasteiger partial charge < -0.3 is 14.4 Å². The molecule has 1 aliphatic heterocycles. The van der Waals surface area contributed by atoms with Crippen LogP contribution < -0.4 is 0 Å². The van der Waals surface area contributed by atoms with E-state index in [0.717, 1.165) is 24.0 Å². The predicted octanol–water partition coefficient (Wildman–Crippen LogP) is 5.22. The monoisotopic (exact) mass is 476 g/mol. The molecule has 2 amide bonds. The SMILES string of the molecule is COC(=O)[C@H]1[C@H](OC23CC(C)CCC2C3(C)C)N(Cc2ccccc2)C(=O)N1Cc1ccccc1. The Labute approximate surface area is 208 Å². The molecular weight excluding hydrogens is 440 g/mol. The van der Waals surface area contributed by atoms with Crippen LogP contribution in [0.25, 0.3) is 0 Å². The van der Waals surface area contributed by atoms with E-state index in [0.29, 0.717) is 24.9 Å². The summed E-state index contributed by atoms with van der Waals surface area (Å²) in [6, 6.07) is 18.6. The number of esters is 1. The summed E-state index contributed by atoms with van der Waals surface area (Å²) in [4.78, 5) is 30.5. The Bertz CT molecular complexity index is 1070. The average molecular weight is 477 g/mol. The molecule has 3 fully saturated rings. The number of hydrogen-bond acceptors (Lipinski definition) is 4. The van der Waals surface area contributed by atoms with Gasteiger partial charge in [0.1, 0.15) is 0 Å². The number of nitrogens with zero attached hydrogens (tertiary/aromatic N) is 2. The lowest BCUT2D eigenvalue weighted by molar-refractivity contribution is -0.164. The Morgan fingerprint density at radius 1 is 0.943 bits per heavy atom. The molecule has 0 bridgehead atoms. The largest absolute Gasteiger partial charge is 0.467 e. The second kappa shape index (κ2) is 8.98. The van der Waals surface area contributed by atoms with Crippen molar-refractivity contribution in [2.24, 2.45) is 17.3 Å². The van der Waals surface area contributed by atoms with Crippen LogP contribution in [0.15, 0.2) is 60.7 Å². The molecule has 3 aliphatic rings. The summed E-state index contributed by atoms with van der Waals surface area (Å²) in [6.45, 7) is 7.50. The Hall–Kier alpha value is -2.86. The molecule has 0 spiro atoms. The highest BCUT2D eigenvalue weighted by molar-refractivity contribution is 5.88. The van der Waals surface area contributed by atoms with Gasteiger partial charge in [-0.3, -0.25) is 4.90 Å². The number of carbonyl (C=O) groups excluding carboxylic acids is 2. The third-order valence-corrected chi connectivity index (χ3v) is 8.61. The molecule has 0 aromatic heterocycles. The van der Waals surface area contributed by atoms with Crippen molar-refractivity contribution in [1.82, 2.24) is 9.80 Å². The van der Waals surface area contributed by atoms with Crippen molar-refractivity contribution in [2.45, 2.75) is 71.0 Å². The molecule has 186 valence electrons. The average Bonchev–Trinajstić information content (AvgIpc) is 3.22. The van der Waals surface area contributed by atoms with Crippen molar-refractivity contribution in [3.05, 3.63) is 71.8 Å². The van der Waals surface area contributed by atoms with Gasteiger partial charge >= 0.3 is 12.0 Å². The van der Waals surface area contributed by atoms with Crippen LogP contribution in [-0.2, 0) is 27.4 Å². The van der Waals surface area contributed by atoms with E-state index in [1.54, 1.807) is 9.80 Å². The van der Waals surface area contributed by atoms with Gasteiger partial charge in [0, 0.05) is 6.54 Å². The van der Waals surface area contributed by atoms with Crippen LogP contribution >= 0.6 is 0 Å². The summed E-state index contributed by atoms with van der Waals surface area (Å²) in [7, 11) is 1.38.